The standard InChI is InChI=1S/C9H12O4/c10-7-3-1-2-6(9(7)13)4-5-8(11)12/h1-3,7,9-10,13H,4-5H2,(H,11,12)/p-1/t7-,9+/m1/s1. The first-order chi connectivity index (χ1) is 6.11. The second-order valence-electron chi connectivity index (χ2n) is 2.93. The molecule has 0 unspecified atom stereocenters. The number of carboxylic acid groups (broad SMARTS) is 1. The van der Waals surface area contributed by atoms with Gasteiger partial charge in [-0.2, -0.15) is 0 Å². The van der Waals surface area contributed by atoms with Gasteiger partial charge in [-0.25, -0.2) is 0 Å². The highest BCUT2D eigenvalue weighted by Crippen LogP contribution is 2.17. The number of aliphatic hydroxyl groups is 2. The van der Waals surface area contributed by atoms with Crippen molar-refractivity contribution in [1.29, 1.82) is 0 Å². The van der Waals surface area contributed by atoms with E-state index in [1.165, 1.54) is 6.08 Å². The molecule has 0 radical (unpaired) electrons. The van der Waals surface area contributed by atoms with Gasteiger partial charge in [-0.1, -0.05) is 18.2 Å². The molecule has 1 rings (SSSR count). The van der Waals surface area contributed by atoms with Crippen molar-refractivity contribution in [2.45, 2.75) is 25.0 Å². The lowest BCUT2D eigenvalue weighted by Gasteiger charge is -2.21. The molecule has 1 aliphatic carbocycles. The van der Waals surface area contributed by atoms with E-state index in [1.807, 2.05) is 0 Å². The zero-order valence-electron chi connectivity index (χ0n) is 7.01. The Morgan fingerprint density at radius 2 is 2.23 bits per heavy atom. The molecule has 0 spiro atoms. The summed E-state index contributed by atoms with van der Waals surface area (Å²) >= 11 is 0. The van der Waals surface area contributed by atoms with Crippen LogP contribution in [0.3, 0.4) is 0 Å². The summed E-state index contributed by atoms with van der Waals surface area (Å²) < 4.78 is 0. The van der Waals surface area contributed by atoms with Gasteiger partial charge in [0.1, 0.15) is 12.2 Å². The Labute approximate surface area is 75.8 Å². The third-order valence-electron chi connectivity index (χ3n) is 1.94. The normalized spacial score (nSPS) is 27.1. The fourth-order valence-corrected chi connectivity index (χ4v) is 1.19. The van der Waals surface area contributed by atoms with Crippen molar-refractivity contribution in [1.82, 2.24) is 0 Å². The van der Waals surface area contributed by atoms with Crippen molar-refractivity contribution < 1.29 is 20.1 Å². The maximum Gasteiger partial charge on any atom is 0.105 e. The first-order valence-electron chi connectivity index (χ1n) is 4.04. The summed E-state index contributed by atoms with van der Waals surface area (Å²) in [6, 6.07) is 0. The Balaban J connectivity index is 2.53. The third-order valence-corrected chi connectivity index (χ3v) is 1.94. The van der Waals surface area contributed by atoms with Gasteiger partial charge in [0.15, 0.2) is 0 Å². The lowest BCUT2D eigenvalue weighted by molar-refractivity contribution is -0.305. The van der Waals surface area contributed by atoms with E-state index in [0.29, 0.717) is 5.57 Å². The summed E-state index contributed by atoms with van der Waals surface area (Å²) in [5, 5.41) is 28.7. The number of rotatable bonds is 3. The Morgan fingerprint density at radius 3 is 2.85 bits per heavy atom. The van der Waals surface area contributed by atoms with Gasteiger partial charge in [0.2, 0.25) is 0 Å². The van der Waals surface area contributed by atoms with Crippen LogP contribution >= 0.6 is 0 Å². The van der Waals surface area contributed by atoms with Crippen LogP contribution in [0.2, 0.25) is 0 Å². The van der Waals surface area contributed by atoms with Gasteiger partial charge in [-0.05, 0) is 18.4 Å². The van der Waals surface area contributed by atoms with Crippen molar-refractivity contribution in [2.24, 2.45) is 0 Å². The highest BCUT2D eigenvalue weighted by Gasteiger charge is 2.19. The fourth-order valence-electron chi connectivity index (χ4n) is 1.19. The molecule has 0 saturated heterocycles. The van der Waals surface area contributed by atoms with Crippen LogP contribution in [0.15, 0.2) is 23.8 Å². The highest BCUT2D eigenvalue weighted by molar-refractivity contribution is 5.64. The van der Waals surface area contributed by atoms with Gasteiger partial charge in [0.05, 0.1) is 0 Å². The average Bonchev–Trinajstić information content (AvgIpc) is 2.07. The summed E-state index contributed by atoms with van der Waals surface area (Å²) in [6.07, 6.45) is 2.83. The zero-order valence-corrected chi connectivity index (χ0v) is 7.01. The first-order valence-corrected chi connectivity index (χ1v) is 4.04. The Morgan fingerprint density at radius 1 is 1.54 bits per heavy atom. The SMILES string of the molecule is O=C([O-])CCC1=CC=C[C@@H](O)[C@H]1O. The molecular formula is C9H11O4-. The van der Waals surface area contributed by atoms with Crippen molar-refractivity contribution in [2.75, 3.05) is 0 Å². The summed E-state index contributed by atoms with van der Waals surface area (Å²) in [4.78, 5) is 10.1. The number of carboxylic acids is 1. The predicted molar refractivity (Wildman–Crippen MR) is 43.5 cm³/mol. The molecule has 4 heteroatoms. The lowest BCUT2D eigenvalue weighted by atomic mass is 9.95. The minimum Gasteiger partial charge on any atom is -0.550 e. The number of hydrogen-bond acceptors (Lipinski definition) is 4. The Hall–Kier alpha value is -1.13. The minimum absolute atomic E-state index is 0.135. The largest absolute Gasteiger partial charge is 0.550 e. The average molecular weight is 183 g/mol. The maximum atomic E-state index is 10.1. The number of carbonyl (C=O) groups is 1. The molecule has 1 aliphatic rings. The molecule has 0 saturated carbocycles. The molecule has 0 bridgehead atoms. The molecule has 13 heavy (non-hydrogen) atoms. The summed E-state index contributed by atoms with van der Waals surface area (Å²) in [5.41, 5.74) is 0.527. The molecule has 0 aromatic rings. The summed E-state index contributed by atoms with van der Waals surface area (Å²) in [5.74, 6) is -1.16. The van der Waals surface area contributed by atoms with Gasteiger partial charge in [-0.15, -0.1) is 0 Å². The van der Waals surface area contributed by atoms with E-state index >= 15 is 0 Å². The van der Waals surface area contributed by atoms with E-state index in [4.69, 9.17) is 0 Å². The van der Waals surface area contributed by atoms with Crippen LogP contribution in [-0.2, 0) is 4.79 Å². The molecule has 0 aliphatic heterocycles. The molecule has 0 heterocycles. The second kappa shape index (κ2) is 4.20. The van der Waals surface area contributed by atoms with Crippen LogP contribution in [0.1, 0.15) is 12.8 Å². The lowest BCUT2D eigenvalue weighted by Crippen LogP contribution is -2.29. The van der Waals surface area contributed by atoms with Crippen molar-refractivity contribution in [3.05, 3.63) is 23.8 Å². The Kier molecular flexibility index (Phi) is 3.22. The molecule has 2 atom stereocenters. The van der Waals surface area contributed by atoms with E-state index in [2.05, 4.69) is 0 Å². The first kappa shape index (κ1) is 9.95. The van der Waals surface area contributed by atoms with Gasteiger partial charge in [0, 0.05) is 5.97 Å². The van der Waals surface area contributed by atoms with E-state index < -0.39 is 18.2 Å². The zero-order chi connectivity index (χ0) is 9.84. The van der Waals surface area contributed by atoms with Crippen LogP contribution < -0.4 is 5.11 Å². The molecule has 0 amide bonds. The molecule has 0 fully saturated rings. The molecule has 4 nitrogen and oxygen atoms in total. The predicted octanol–water partition coefficient (Wildman–Crippen LogP) is -1.27. The van der Waals surface area contributed by atoms with E-state index in [0.717, 1.165) is 0 Å². The quantitative estimate of drug-likeness (QED) is 0.572. The number of aliphatic hydroxyl groups excluding tert-OH is 2. The number of aliphatic carboxylic acids is 1. The summed E-state index contributed by atoms with van der Waals surface area (Å²) in [7, 11) is 0. The molecule has 0 aromatic carbocycles. The fraction of sp³-hybridized carbons (Fsp3) is 0.444. The topological polar surface area (TPSA) is 80.6 Å². The maximum absolute atomic E-state index is 10.1. The van der Waals surface area contributed by atoms with E-state index in [9.17, 15) is 20.1 Å². The van der Waals surface area contributed by atoms with Crippen LogP contribution in [0.25, 0.3) is 0 Å². The van der Waals surface area contributed by atoms with Crippen LogP contribution in [0.5, 0.6) is 0 Å². The molecular weight excluding hydrogens is 172 g/mol. The van der Waals surface area contributed by atoms with Crippen molar-refractivity contribution in [3.63, 3.8) is 0 Å². The molecule has 0 aromatic heterocycles. The third kappa shape index (κ3) is 2.68. The van der Waals surface area contributed by atoms with Crippen LogP contribution in [0, 0.1) is 0 Å². The smallest absolute Gasteiger partial charge is 0.105 e. The number of carbonyl (C=O) groups excluding carboxylic acids is 1. The minimum atomic E-state index is -1.16. The second-order valence-corrected chi connectivity index (χ2v) is 2.93. The van der Waals surface area contributed by atoms with Gasteiger partial charge < -0.3 is 20.1 Å². The number of allylic oxidation sites excluding steroid dienone is 2. The van der Waals surface area contributed by atoms with Crippen LogP contribution in [0.4, 0.5) is 0 Å². The monoisotopic (exact) mass is 183 g/mol. The van der Waals surface area contributed by atoms with Crippen molar-refractivity contribution in [3.8, 4) is 0 Å². The highest BCUT2D eigenvalue weighted by atomic mass is 16.4. The van der Waals surface area contributed by atoms with Gasteiger partial charge >= 0.3 is 0 Å². The summed E-state index contributed by atoms with van der Waals surface area (Å²) in [6.45, 7) is 0. The molecule has 2 N–H and O–H groups in total. The van der Waals surface area contributed by atoms with E-state index in [-0.39, 0.29) is 12.8 Å². The van der Waals surface area contributed by atoms with Crippen molar-refractivity contribution >= 4 is 5.97 Å². The van der Waals surface area contributed by atoms with Gasteiger partial charge in [0.25, 0.3) is 0 Å². The van der Waals surface area contributed by atoms with E-state index in [1.54, 1.807) is 12.2 Å². The van der Waals surface area contributed by atoms with Gasteiger partial charge in [-0.3, -0.25) is 0 Å². The number of hydrogen-bond donors (Lipinski definition) is 2. The Bertz CT molecular complexity index is 254. The van der Waals surface area contributed by atoms with Crippen LogP contribution in [-0.4, -0.2) is 28.4 Å². The molecule has 72 valence electrons.